The Morgan fingerprint density at radius 3 is 2.42 bits per heavy atom. The van der Waals surface area contributed by atoms with E-state index in [9.17, 15) is 4.79 Å². The van der Waals surface area contributed by atoms with E-state index in [-0.39, 0.29) is 6.03 Å². The van der Waals surface area contributed by atoms with Crippen molar-refractivity contribution in [3.05, 3.63) is 59.1 Å². The fourth-order valence-electron chi connectivity index (χ4n) is 1.49. The van der Waals surface area contributed by atoms with Crippen molar-refractivity contribution >= 4 is 29.0 Å². The van der Waals surface area contributed by atoms with Gasteiger partial charge in [0, 0.05) is 16.4 Å². The third-order valence-corrected chi connectivity index (χ3v) is 2.60. The summed E-state index contributed by atoms with van der Waals surface area (Å²) in [6.45, 7) is 0. The largest absolute Gasteiger partial charge is 0.323 e. The van der Waals surface area contributed by atoms with Crippen molar-refractivity contribution < 1.29 is 4.79 Å². The Balaban J connectivity index is 2.01. The highest BCUT2D eigenvalue weighted by atomic mass is 35.5. The highest BCUT2D eigenvalue weighted by Gasteiger charge is 2.03. The van der Waals surface area contributed by atoms with Crippen LogP contribution in [0.5, 0.6) is 0 Å². The molecule has 2 N–H and O–H groups in total. The van der Waals surface area contributed by atoms with Gasteiger partial charge in [-0.15, -0.1) is 0 Å². The maximum atomic E-state index is 11.7. The summed E-state index contributed by atoms with van der Waals surface area (Å²) in [5, 5.41) is 14.7. The number of carbonyl (C=O) groups excluding carboxylic acids is 1. The number of urea groups is 1. The second-order valence-electron chi connectivity index (χ2n) is 3.78. The van der Waals surface area contributed by atoms with Gasteiger partial charge >= 0.3 is 6.03 Å². The molecule has 0 aliphatic carbocycles. The van der Waals surface area contributed by atoms with Crippen LogP contribution < -0.4 is 10.6 Å². The molecule has 0 fully saturated rings. The second kappa shape index (κ2) is 5.89. The molecule has 0 radical (unpaired) electrons. The first-order chi connectivity index (χ1) is 9.17. The minimum absolute atomic E-state index is 0.377. The van der Waals surface area contributed by atoms with Crippen molar-refractivity contribution in [2.75, 3.05) is 10.6 Å². The lowest BCUT2D eigenvalue weighted by atomic mass is 10.2. The van der Waals surface area contributed by atoms with E-state index in [1.54, 1.807) is 48.5 Å². The summed E-state index contributed by atoms with van der Waals surface area (Å²) >= 11 is 5.75. The first-order valence-electron chi connectivity index (χ1n) is 5.51. The number of rotatable bonds is 2. The minimum atomic E-state index is -0.377. The fourth-order valence-corrected chi connectivity index (χ4v) is 1.62. The first-order valence-corrected chi connectivity index (χ1v) is 5.89. The molecule has 4 nitrogen and oxygen atoms in total. The van der Waals surface area contributed by atoms with Crippen molar-refractivity contribution in [1.82, 2.24) is 0 Å². The smallest absolute Gasteiger partial charge is 0.308 e. The third kappa shape index (κ3) is 3.73. The minimum Gasteiger partial charge on any atom is -0.308 e. The molecule has 0 heterocycles. The van der Waals surface area contributed by atoms with Gasteiger partial charge in [-0.25, -0.2) is 4.79 Å². The zero-order valence-corrected chi connectivity index (χ0v) is 10.6. The van der Waals surface area contributed by atoms with Gasteiger partial charge in [-0.2, -0.15) is 5.26 Å². The van der Waals surface area contributed by atoms with Crippen molar-refractivity contribution in [2.24, 2.45) is 0 Å². The van der Waals surface area contributed by atoms with Gasteiger partial charge in [0.15, 0.2) is 0 Å². The lowest BCUT2D eigenvalue weighted by molar-refractivity contribution is 0.262. The number of halogens is 1. The summed E-state index contributed by atoms with van der Waals surface area (Å²) in [6.07, 6.45) is 0. The molecule has 0 bridgehead atoms. The molecule has 0 saturated carbocycles. The molecule has 2 amide bonds. The Hall–Kier alpha value is -2.51. The Labute approximate surface area is 115 Å². The Kier molecular flexibility index (Phi) is 4.01. The zero-order chi connectivity index (χ0) is 13.7. The van der Waals surface area contributed by atoms with Crippen molar-refractivity contribution in [3.63, 3.8) is 0 Å². The van der Waals surface area contributed by atoms with Crippen LogP contribution in [0.3, 0.4) is 0 Å². The number of anilines is 2. The third-order valence-electron chi connectivity index (χ3n) is 2.35. The van der Waals surface area contributed by atoms with Gasteiger partial charge in [0.05, 0.1) is 11.6 Å². The first kappa shape index (κ1) is 12.9. The Morgan fingerprint density at radius 1 is 1.05 bits per heavy atom. The molecule has 19 heavy (non-hydrogen) atoms. The molecule has 94 valence electrons. The van der Waals surface area contributed by atoms with Crippen LogP contribution in [0.2, 0.25) is 5.02 Å². The molecule has 2 rings (SSSR count). The fraction of sp³-hybridized carbons (Fsp3) is 0. The topological polar surface area (TPSA) is 64.9 Å². The second-order valence-corrected chi connectivity index (χ2v) is 4.22. The molecule has 0 atom stereocenters. The highest BCUT2D eigenvalue weighted by Crippen LogP contribution is 2.14. The number of nitriles is 1. The zero-order valence-electron chi connectivity index (χ0n) is 9.85. The van der Waals surface area contributed by atoms with Crippen LogP contribution in [-0.4, -0.2) is 6.03 Å². The normalized spacial score (nSPS) is 9.47. The van der Waals surface area contributed by atoms with Crippen LogP contribution in [0.25, 0.3) is 0 Å². The van der Waals surface area contributed by atoms with Gasteiger partial charge in [0.25, 0.3) is 0 Å². The Morgan fingerprint density at radius 2 is 1.74 bits per heavy atom. The maximum Gasteiger partial charge on any atom is 0.323 e. The van der Waals surface area contributed by atoms with E-state index in [2.05, 4.69) is 10.6 Å². The molecule has 0 aliphatic rings. The lowest BCUT2D eigenvalue weighted by Gasteiger charge is -2.07. The van der Waals surface area contributed by atoms with E-state index in [1.807, 2.05) is 6.07 Å². The van der Waals surface area contributed by atoms with Gasteiger partial charge in [-0.3, -0.25) is 0 Å². The van der Waals surface area contributed by atoms with Crippen LogP contribution in [0, 0.1) is 11.3 Å². The van der Waals surface area contributed by atoms with E-state index in [1.165, 1.54) is 0 Å². The standard InChI is InChI=1S/C14H10ClN3O/c15-11-4-6-12(7-5-11)17-14(19)18-13-3-1-2-10(8-13)9-16/h1-8H,(H2,17,18,19). The molecule has 5 heteroatoms. The molecule has 2 aromatic carbocycles. The van der Waals surface area contributed by atoms with Crippen molar-refractivity contribution in [1.29, 1.82) is 5.26 Å². The monoisotopic (exact) mass is 271 g/mol. The van der Waals surface area contributed by atoms with Gasteiger partial charge < -0.3 is 10.6 Å². The highest BCUT2D eigenvalue weighted by molar-refractivity contribution is 6.30. The maximum absolute atomic E-state index is 11.7. The number of hydrogen-bond acceptors (Lipinski definition) is 2. The number of carbonyl (C=O) groups is 1. The average Bonchev–Trinajstić information content (AvgIpc) is 2.41. The summed E-state index contributed by atoms with van der Waals surface area (Å²) in [5.74, 6) is 0. The molecule has 0 aliphatic heterocycles. The number of hydrogen-bond donors (Lipinski definition) is 2. The number of nitrogens with zero attached hydrogens (tertiary/aromatic N) is 1. The molecular formula is C14H10ClN3O. The molecule has 0 aromatic heterocycles. The van der Waals surface area contributed by atoms with Gasteiger partial charge in [0.2, 0.25) is 0 Å². The van der Waals surface area contributed by atoms with E-state index in [4.69, 9.17) is 16.9 Å². The van der Waals surface area contributed by atoms with Crippen LogP contribution in [0.15, 0.2) is 48.5 Å². The van der Waals surface area contributed by atoms with E-state index in [0.717, 1.165) is 0 Å². The summed E-state index contributed by atoms with van der Waals surface area (Å²) in [6, 6.07) is 15.1. The summed E-state index contributed by atoms with van der Waals surface area (Å²) in [7, 11) is 0. The van der Waals surface area contributed by atoms with Crippen LogP contribution in [0.1, 0.15) is 5.56 Å². The molecule has 2 aromatic rings. The van der Waals surface area contributed by atoms with Crippen molar-refractivity contribution in [3.8, 4) is 6.07 Å². The summed E-state index contributed by atoms with van der Waals surface area (Å²) in [4.78, 5) is 11.7. The van der Waals surface area contributed by atoms with E-state index < -0.39 is 0 Å². The van der Waals surface area contributed by atoms with Crippen LogP contribution >= 0.6 is 11.6 Å². The molecule has 0 spiro atoms. The predicted molar refractivity (Wildman–Crippen MR) is 75.3 cm³/mol. The van der Waals surface area contributed by atoms with Crippen molar-refractivity contribution in [2.45, 2.75) is 0 Å². The van der Waals surface area contributed by atoms with Gasteiger partial charge in [-0.05, 0) is 42.5 Å². The molecule has 0 unspecified atom stereocenters. The SMILES string of the molecule is N#Cc1cccc(NC(=O)Nc2ccc(Cl)cc2)c1. The van der Waals surface area contributed by atoms with E-state index >= 15 is 0 Å². The molecule has 0 saturated heterocycles. The summed E-state index contributed by atoms with van der Waals surface area (Å²) in [5.41, 5.74) is 1.69. The lowest BCUT2D eigenvalue weighted by Crippen LogP contribution is -2.19. The summed E-state index contributed by atoms with van der Waals surface area (Å²) < 4.78 is 0. The number of nitrogens with one attached hydrogen (secondary N) is 2. The Bertz CT molecular complexity index is 632. The predicted octanol–water partition coefficient (Wildman–Crippen LogP) is 3.86. The van der Waals surface area contributed by atoms with Crippen LogP contribution in [0.4, 0.5) is 16.2 Å². The number of benzene rings is 2. The van der Waals surface area contributed by atoms with Gasteiger partial charge in [-0.1, -0.05) is 17.7 Å². The average molecular weight is 272 g/mol. The quantitative estimate of drug-likeness (QED) is 0.871. The molecular weight excluding hydrogens is 262 g/mol. The van der Waals surface area contributed by atoms with Gasteiger partial charge in [0.1, 0.15) is 0 Å². The van der Waals surface area contributed by atoms with Crippen LogP contribution in [-0.2, 0) is 0 Å². The van der Waals surface area contributed by atoms with E-state index in [0.29, 0.717) is 22.0 Å². The number of amides is 2.